The number of likely N-dealkylation sites (tertiary alicyclic amines) is 1. The standard InChI is InChI=1S/C15H18INO3/c1-10-3-2-4-12(14(10)16)15(20)17-7-5-11(6-8-17)9-13(18)19/h2-4,11H,5-9H2,1H3,(H,18,19). The van der Waals surface area contributed by atoms with Crippen molar-refractivity contribution in [2.75, 3.05) is 13.1 Å². The minimum Gasteiger partial charge on any atom is -0.481 e. The zero-order valence-corrected chi connectivity index (χ0v) is 13.6. The molecule has 1 saturated heterocycles. The van der Waals surface area contributed by atoms with Crippen molar-refractivity contribution in [3.05, 3.63) is 32.9 Å². The van der Waals surface area contributed by atoms with E-state index in [2.05, 4.69) is 22.6 Å². The minimum absolute atomic E-state index is 0.0619. The van der Waals surface area contributed by atoms with E-state index in [-0.39, 0.29) is 18.2 Å². The first-order valence-corrected chi connectivity index (χ1v) is 7.83. The van der Waals surface area contributed by atoms with Crippen molar-refractivity contribution in [3.63, 3.8) is 0 Å². The average Bonchev–Trinajstić information content (AvgIpc) is 2.41. The SMILES string of the molecule is Cc1cccc(C(=O)N2CCC(CC(=O)O)CC2)c1I. The van der Waals surface area contributed by atoms with E-state index in [0.717, 1.165) is 27.5 Å². The smallest absolute Gasteiger partial charge is 0.303 e. The van der Waals surface area contributed by atoms with Crippen molar-refractivity contribution < 1.29 is 14.7 Å². The molecule has 1 aromatic rings. The van der Waals surface area contributed by atoms with Crippen LogP contribution in [0, 0.1) is 16.4 Å². The minimum atomic E-state index is -0.747. The molecule has 5 heteroatoms. The lowest BCUT2D eigenvalue weighted by molar-refractivity contribution is -0.138. The van der Waals surface area contributed by atoms with Gasteiger partial charge in [0.25, 0.3) is 5.91 Å². The van der Waals surface area contributed by atoms with Gasteiger partial charge in [0, 0.05) is 23.1 Å². The maximum Gasteiger partial charge on any atom is 0.303 e. The Balaban J connectivity index is 2.02. The maximum atomic E-state index is 12.5. The Hall–Kier alpha value is -1.11. The Bertz CT molecular complexity index is 522. The summed E-state index contributed by atoms with van der Waals surface area (Å²) in [6, 6.07) is 5.76. The molecule has 1 heterocycles. The van der Waals surface area contributed by atoms with Gasteiger partial charge >= 0.3 is 5.97 Å². The Labute approximate surface area is 132 Å². The van der Waals surface area contributed by atoms with Crippen molar-refractivity contribution in [2.24, 2.45) is 5.92 Å². The molecule has 0 spiro atoms. The molecule has 1 aromatic carbocycles. The third-order valence-electron chi connectivity index (χ3n) is 3.79. The van der Waals surface area contributed by atoms with Gasteiger partial charge in [-0.1, -0.05) is 12.1 Å². The van der Waals surface area contributed by atoms with Crippen molar-refractivity contribution in [3.8, 4) is 0 Å². The largest absolute Gasteiger partial charge is 0.481 e. The van der Waals surface area contributed by atoms with Crippen LogP contribution in [0.4, 0.5) is 0 Å². The van der Waals surface area contributed by atoms with Crippen LogP contribution in [0.15, 0.2) is 18.2 Å². The predicted octanol–water partition coefficient (Wildman–Crippen LogP) is 2.93. The van der Waals surface area contributed by atoms with Crippen LogP contribution in [0.2, 0.25) is 0 Å². The molecule has 108 valence electrons. The van der Waals surface area contributed by atoms with Crippen molar-refractivity contribution in [1.29, 1.82) is 0 Å². The van der Waals surface area contributed by atoms with Crippen molar-refractivity contribution >= 4 is 34.5 Å². The second-order valence-corrected chi connectivity index (χ2v) is 6.35. The van der Waals surface area contributed by atoms with E-state index >= 15 is 0 Å². The van der Waals surface area contributed by atoms with E-state index in [1.54, 1.807) is 0 Å². The third-order valence-corrected chi connectivity index (χ3v) is 5.22. The molecular formula is C15H18INO3. The van der Waals surface area contributed by atoms with Crippen LogP contribution in [0.25, 0.3) is 0 Å². The first-order chi connectivity index (χ1) is 9.49. The molecule has 1 aliphatic rings. The fraction of sp³-hybridized carbons (Fsp3) is 0.467. The quantitative estimate of drug-likeness (QED) is 0.812. The van der Waals surface area contributed by atoms with Gasteiger partial charge in [0.1, 0.15) is 0 Å². The van der Waals surface area contributed by atoms with Gasteiger partial charge in [0.15, 0.2) is 0 Å². The number of hydrogen-bond donors (Lipinski definition) is 1. The predicted molar refractivity (Wildman–Crippen MR) is 84.8 cm³/mol. The van der Waals surface area contributed by atoms with Crippen LogP contribution < -0.4 is 0 Å². The van der Waals surface area contributed by atoms with Gasteiger partial charge in [-0.15, -0.1) is 0 Å². The Morgan fingerprint density at radius 2 is 2.00 bits per heavy atom. The number of nitrogens with zero attached hydrogens (tertiary/aromatic N) is 1. The topological polar surface area (TPSA) is 57.6 Å². The van der Waals surface area contributed by atoms with Crippen LogP contribution in [-0.4, -0.2) is 35.0 Å². The first kappa shape index (κ1) is 15.3. The van der Waals surface area contributed by atoms with Crippen LogP contribution in [-0.2, 0) is 4.79 Å². The number of carbonyl (C=O) groups is 2. The number of rotatable bonds is 3. The van der Waals surface area contributed by atoms with E-state index in [1.807, 2.05) is 30.0 Å². The van der Waals surface area contributed by atoms with Gasteiger partial charge in [-0.25, -0.2) is 0 Å². The molecule has 1 N–H and O–H groups in total. The van der Waals surface area contributed by atoms with E-state index in [9.17, 15) is 9.59 Å². The highest BCUT2D eigenvalue weighted by Gasteiger charge is 2.26. The summed E-state index contributed by atoms with van der Waals surface area (Å²) in [7, 11) is 0. The molecule has 0 saturated carbocycles. The van der Waals surface area contributed by atoms with Gasteiger partial charge in [0.2, 0.25) is 0 Å². The molecule has 0 aliphatic carbocycles. The molecule has 0 unspecified atom stereocenters. The van der Waals surface area contributed by atoms with Crippen molar-refractivity contribution in [1.82, 2.24) is 4.90 Å². The summed E-state index contributed by atoms with van der Waals surface area (Å²) >= 11 is 2.21. The van der Waals surface area contributed by atoms with Crippen LogP contribution >= 0.6 is 22.6 Å². The van der Waals surface area contributed by atoms with Crippen molar-refractivity contribution in [2.45, 2.75) is 26.2 Å². The normalized spacial score (nSPS) is 16.2. The zero-order valence-electron chi connectivity index (χ0n) is 11.4. The number of carboxylic acids is 1. The molecule has 0 radical (unpaired) electrons. The van der Waals surface area contributed by atoms with Gasteiger partial charge < -0.3 is 10.0 Å². The third kappa shape index (κ3) is 3.50. The van der Waals surface area contributed by atoms with E-state index in [4.69, 9.17) is 5.11 Å². The second kappa shape index (κ2) is 6.56. The number of halogens is 1. The summed E-state index contributed by atoms with van der Waals surface area (Å²) in [4.78, 5) is 25.1. The second-order valence-electron chi connectivity index (χ2n) is 5.27. The molecule has 20 heavy (non-hydrogen) atoms. The number of aliphatic carboxylic acids is 1. The lowest BCUT2D eigenvalue weighted by Gasteiger charge is -2.31. The molecular weight excluding hydrogens is 369 g/mol. The lowest BCUT2D eigenvalue weighted by atomic mass is 9.93. The molecule has 0 aromatic heterocycles. The van der Waals surface area contributed by atoms with E-state index in [0.29, 0.717) is 13.1 Å². The molecule has 4 nitrogen and oxygen atoms in total. The summed E-state index contributed by atoms with van der Waals surface area (Å²) < 4.78 is 1.00. The fourth-order valence-corrected chi connectivity index (χ4v) is 3.16. The maximum absolute atomic E-state index is 12.5. The highest BCUT2D eigenvalue weighted by atomic mass is 127. The van der Waals surface area contributed by atoms with Crippen LogP contribution in [0.1, 0.15) is 35.2 Å². The number of amides is 1. The molecule has 1 fully saturated rings. The van der Waals surface area contributed by atoms with Gasteiger partial charge in [-0.05, 0) is 59.9 Å². The molecule has 0 atom stereocenters. The summed E-state index contributed by atoms with van der Waals surface area (Å²) in [5.74, 6) is -0.483. The Morgan fingerprint density at radius 3 is 2.60 bits per heavy atom. The molecule has 1 amide bonds. The summed E-state index contributed by atoms with van der Waals surface area (Å²) in [6.07, 6.45) is 1.77. The zero-order chi connectivity index (χ0) is 14.7. The first-order valence-electron chi connectivity index (χ1n) is 6.75. The van der Waals surface area contributed by atoms with E-state index < -0.39 is 5.97 Å². The molecule has 0 bridgehead atoms. The number of benzene rings is 1. The summed E-state index contributed by atoms with van der Waals surface area (Å²) in [5, 5.41) is 8.80. The Kier molecular flexibility index (Phi) is 5.01. The molecule has 1 aliphatic heterocycles. The van der Waals surface area contributed by atoms with Crippen LogP contribution in [0.3, 0.4) is 0 Å². The highest BCUT2D eigenvalue weighted by molar-refractivity contribution is 14.1. The lowest BCUT2D eigenvalue weighted by Crippen LogP contribution is -2.39. The summed E-state index contributed by atoms with van der Waals surface area (Å²) in [6.45, 7) is 3.30. The molecule has 2 rings (SSSR count). The highest BCUT2D eigenvalue weighted by Crippen LogP contribution is 2.24. The average molecular weight is 387 g/mol. The number of piperidine rings is 1. The summed E-state index contributed by atoms with van der Waals surface area (Å²) in [5.41, 5.74) is 1.86. The number of aryl methyl sites for hydroxylation is 1. The number of carbonyl (C=O) groups excluding carboxylic acids is 1. The van der Waals surface area contributed by atoms with Gasteiger partial charge in [-0.2, -0.15) is 0 Å². The van der Waals surface area contributed by atoms with Gasteiger partial charge in [-0.3, -0.25) is 9.59 Å². The van der Waals surface area contributed by atoms with Gasteiger partial charge in [0.05, 0.1) is 5.56 Å². The fourth-order valence-electron chi connectivity index (χ4n) is 2.57. The van der Waals surface area contributed by atoms with Crippen LogP contribution in [0.5, 0.6) is 0 Å². The van der Waals surface area contributed by atoms with E-state index in [1.165, 1.54) is 0 Å². The Morgan fingerprint density at radius 1 is 1.35 bits per heavy atom. The monoisotopic (exact) mass is 387 g/mol. The number of hydrogen-bond acceptors (Lipinski definition) is 2. The number of carboxylic acid groups (broad SMARTS) is 1.